The second-order valence-corrected chi connectivity index (χ2v) is 7.28. The molecule has 0 bridgehead atoms. The van der Waals surface area contributed by atoms with Gasteiger partial charge in [-0.3, -0.25) is 4.79 Å². The van der Waals surface area contributed by atoms with Gasteiger partial charge < -0.3 is 14.2 Å². The van der Waals surface area contributed by atoms with Gasteiger partial charge in [0.2, 0.25) is 5.91 Å². The number of piperidine rings is 1. The number of nitrogens with zero attached hydrogens (tertiary/aromatic N) is 3. The monoisotopic (exact) mass is 355 g/mol. The summed E-state index contributed by atoms with van der Waals surface area (Å²) < 4.78 is 7.62. The van der Waals surface area contributed by atoms with E-state index in [0.29, 0.717) is 24.8 Å². The number of ether oxygens (including phenoxy) is 1. The third kappa shape index (κ3) is 4.09. The Hall–Kier alpha value is -2.30. The summed E-state index contributed by atoms with van der Waals surface area (Å²) >= 11 is 0. The smallest absolute Gasteiger partial charge is 0.222 e. The molecule has 1 amide bonds. The van der Waals surface area contributed by atoms with Gasteiger partial charge in [-0.25, -0.2) is 4.98 Å². The van der Waals surface area contributed by atoms with Gasteiger partial charge in [0.05, 0.1) is 7.11 Å². The molecule has 1 aromatic heterocycles. The van der Waals surface area contributed by atoms with Crippen LogP contribution in [0.15, 0.2) is 36.7 Å². The summed E-state index contributed by atoms with van der Waals surface area (Å²) in [5.41, 5.74) is 1.09. The average Bonchev–Trinajstić information content (AvgIpc) is 3.16. The van der Waals surface area contributed by atoms with E-state index in [4.69, 9.17) is 4.74 Å². The molecule has 1 aliphatic rings. The van der Waals surface area contributed by atoms with Crippen molar-refractivity contribution in [1.82, 2.24) is 14.5 Å². The van der Waals surface area contributed by atoms with Crippen molar-refractivity contribution in [3.63, 3.8) is 0 Å². The van der Waals surface area contributed by atoms with E-state index >= 15 is 0 Å². The quantitative estimate of drug-likeness (QED) is 0.791. The highest BCUT2D eigenvalue weighted by molar-refractivity contribution is 5.76. The van der Waals surface area contributed by atoms with Crippen molar-refractivity contribution in [2.45, 2.75) is 51.5 Å². The lowest BCUT2D eigenvalue weighted by Crippen LogP contribution is -2.40. The molecule has 2 heterocycles. The summed E-state index contributed by atoms with van der Waals surface area (Å²) in [6.45, 7) is 5.96. The second-order valence-electron chi connectivity index (χ2n) is 7.28. The van der Waals surface area contributed by atoms with E-state index in [-0.39, 0.29) is 5.91 Å². The first-order chi connectivity index (χ1) is 12.6. The molecule has 1 fully saturated rings. The van der Waals surface area contributed by atoms with Crippen molar-refractivity contribution < 1.29 is 9.53 Å². The van der Waals surface area contributed by atoms with Crippen LogP contribution in [0.4, 0.5) is 0 Å². The van der Waals surface area contributed by atoms with Crippen LogP contribution in [0.1, 0.15) is 56.5 Å². The minimum atomic E-state index is 0.225. The molecule has 1 atom stereocenters. The predicted octanol–water partition coefficient (Wildman–Crippen LogP) is 3.81. The van der Waals surface area contributed by atoms with Gasteiger partial charge in [0.25, 0.3) is 0 Å². The van der Waals surface area contributed by atoms with Crippen LogP contribution in [-0.2, 0) is 11.2 Å². The number of carbonyl (C=O) groups is 1. The van der Waals surface area contributed by atoms with E-state index < -0.39 is 0 Å². The van der Waals surface area contributed by atoms with E-state index in [1.807, 2.05) is 41.6 Å². The number of hydrogen-bond acceptors (Lipinski definition) is 3. The van der Waals surface area contributed by atoms with Gasteiger partial charge in [-0.05, 0) is 44.7 Å². The molecule has 3 rings (SSSR count). The SMILES string of the molecule is COc1ccccc1CCC(=O)N1CCCC(c2nccn2C(C)C)C1. The molecule has 1 saturated heterocycles. The number of hydrogen-bond donors (Lipinski definition) is 0. The van der Waals surface area contributed by atoms with Gasteiger partial charge in [-0.1, -0.05) is 18.2 Å². The van der Waals surface area contributed by atoms with Gasteiger partial charge >= 0.3 is 0 Å². The molecule has 0 aliphatic carbocycles. The standard InChI is InChI=1S/C21H29N3O2/c1-16(2)24-14-12-22-21(24)18-8-6-13-23(15-18)20(25)11-10-17-7-4-5-9-19(17)26-3/h4-5,7,9,12,14,16,18H,6,8,10-11,13,15H2,1-3H3. The third-order valence-electron chi connectivity index (χ3n) is 5.19. The largest absolute Gasteiger partial charge is 0.496 e. The lowest BCUT2D eigenvalue weighted by molar-refractivity contribution is -0.132. The number of para-hydroxylation sites is 1. The molecule has 140 valence electrons. The molecule has 0 N–H and O–H groups in total. The fourth-order valence-electron chi connectivity index (χ4n) is 3.80. The van der Waals surface area contributed by atoms with Crippen LogP contribution in [0.2, 0.25) is 0 Å². The first-order valence-electron chi connectivity index (χ1n) is 9.52. The molecule has 0 saturated carbocycles. The first-order valence-corrected chi connectivity index (χ1v) is 9.52. The zero-order chi connectivity index (χ0) is 18.5. The number of likely N-dealkylation sites (tertiary alicyclic amines) is 1. The summed E-state index contributed by atoms with van der Waals surface area (Å²) in [5, 5.41) is 0. The van der Waals surface area contributed by atoms with Crippen LogP contribution in [0.3, 0.4) is 0 Å². The van der Waals surface area contributed by atoms with Crippen molar-refractivity contribution in [1.29, 1.82) is 0 Å². The fourth-order valence-corrected chi connectivity index (χ4v) is 3.80. The van der Waals surface area contributed by atoms with E-state index in [1.165, 1.54) is 0 Å². The second kappa shape index (κ2) is 8.39. The number of imidazole rings is 1. The highest BCUT2D eigenvalue weighted by Crippen LogP contribution is 2.28. The molecule has 26 heavy (non-hydrogen) atoms. The van der Waals surface area contributed by atoms with Crippen LogP contribution >= 0.6 is 0 Å². The van der Waals surface area contributed by atoms with Crippen LogP contribution in [0.5, 0.6) is 5.75 Å². The normalized spacial score (nSPS) is 17.5. The van der Waals surface area contributed by atoms with Crippen LogP contribution in [0.25, 0.3) is 0 Å². The van der Waals surface area contributed by atoms with Crippen LogP contribution in [-0.4, -0.2) is 40.6 Å². The Bertz CT molecular complexity index is 738. The van der Waals surface area contributed by atoms with Gasteiger partial charge in [0.1, 0.15) is 11.6 Å². The number of carbonyl (C=O) groups excluding carboxylic acids is 1. The minimum Gasteiger partial charge on any atom is -0.496 e. The topological polar surface area (TPSA) is 47.4 Å². The third-order valence-corrected chi connectivity index (χ3v) is 5.19. The average molecular weight is 355 g/mol. The fraction of sp³-hybridized carbons (Fsp3) is 0.524. The molecule has 1 aliphatic heterocycles. The van der Waals surface area contributed by atoms with Crippen molar-refractivity contribution in [3.8, 4) is 5.75 Å². The van der Waals surface area contributed by atoms with E-state index in [1.54, 1.807) is 7.11 Å². The summed E-state index contributed by atoms with van der Waals surface area (Å²) in [4.78, 5) is 19.4. The number of benzene rings is 1. The Morgan fingerprint density at radius 3 is 2.92 bits per heavy atom. The Kier molecular flexibility index (Phi) is 5.96. The van der Waals surface area contributed by atoms with E-state index in [2.05, 4.69) is 23.4 Å². The minimum absolute atomic E-state index is 0.225. The maximum Gasteiger partial charge on any atom is 0.222 e. The molecule has 5 heteroatoms. The highest BCUT2D eigenvalue weighted by Gasteiger charge is 2.27. The Morgan fingerprint density at radius 2 is 2.15 bits per heavy atom. The zero-order valence-electron chi connectivity index (χ0n) is 16.0. The lowest BCUT2D eigenvalue weighted by Gasteiger charge is -2.33. The van der Waals surface area contributed by atoms with Crippen molar-refractivity contribution >= 4 is 5.91 Å². The number of aromatic nitrogens is 2. The molecular weight excluding hydrogens is 326 g/mol. The lowest BCUT2D eigenvalue weighted by atomic mass is 9.96. The first kappa shape index (κ1) is 18.5. The number of aryl methyl sites for hydroxylation is 1. The highest BCUT2D eigenvalue weighted by atomic mass is 16.5. The molecule has 1 aromatic carbocycles. The van der Waals surface area contributed by atoms with Crippen LogP contribution < -0.4 is 4.74 Å². The number of methoxy groups -OCH3 is 1. The molecule has 5 nitrogen and oxygen atoms in total. The van der Waals surface area contributed by atoms with Crippen LogP contribution in [0, 0.1) is 0 Å². The van der Waals surface area contributed by atoms with Gasteiger partial charge in [0, 0.05) is 43.9 Å². The molecule has 1 unspecified atom stereocenters. The Balaban J connectivity index is 1.62. The maximum atomic E-state index is 12.8. The summed E-state index contributed by atoms with van der Waals surface area (Å²) in [6.07, 6.45) is 7.28. The molecule has 0 radical (unpaired) electrons. The van der Waals surface area contributed by atoms with E-state index in [0.717, 1.165) is 43.1 Å². The van der Waals surface area contributed by atoms with Gasteiger partial charge in [0.15, 0.2) is 0 Å². The van der Waals surface area contributed by atoms with Crippen molar-refractivity contribution in [2.24, 2.45) is 0 Å². The molecular formula is C21H29N3O2. The number of rotatable bonds is 6. The maximum absolute atomic E-state index is 12.8. The predicted molar refractivity (Wildman–Crippen MR) is 102 cm³/mol. The number of amides is 1. The van der Waals surface area contributed by atoms with Gasteiger partial charge in [-0.15, -0.1) is 0 Å². The van der Waals surface area contributed by atoms with Gasteiger partial charge in [-0.2, -0.15) is 0 Å². The van der Waals surface area contributed by atoms with Crippen molar-refractivity contribution in [2.75, 3.05) is 20.2 Å². The Morgan fingerprint density at radius 1 is 1.35 bits per heavy atom. The molecule has 2 aromatic rings. The zero-order valence-corrected chi connectivity index (χ0v) is 16.0. The summed E-state index contributed by atoms with van der Waals surface area (Å²) in [6, 6.07) is 8.32. The van der Waals surface area contributed by atoms with Crippen molar-refractivity contribution in [3.05, 3.63) is 48.0 Å². The summed E-state index contributed by atoms with van der Waals surface area (Å²) in [5.74, 6) is 2.53. The summed E-state index contributed by atoms with van der Waals surface area (Å²) in [7, 11) is 1.67. The van der Waals surface area contributed by atoms with E-state index in [9.17, 15) is 4.79 Å². The Labute approximate surface area is 156 Å². The molecule has 0 spiro atoms.